The third-order valence-electron chi connectivity index (χ3n) is 3.43. The average molecular weight is 258 g/mol. The van der Waals surface area contributed by atoms with Crippen LogP contribution in [0.15, 0.2) is 12.7 Å². The van der Waals surface area contributed by atoms with Crippen molar-refractivity contribution in [1.29, 1.82) is 0 Å². The van der Waals surface area contributed by atoms with Crippen molar-refractivity contribution in [2.45, 2.75) is 39.3 Å². The van der Waals surface area contributed by atoms with Gasteiger partial charge in [-0.1, -0.05) is 0 Å². The summed E-state index contributed by atoms with van der Waals surface area (Å²) in [5.74, 6) is 0.960. The first-order valence-corrected chi connectivity index (χ1v) is 6.66. The van der Waals surface area contributed by atoms with Crippen LogP contribution < -0.4 is 5.32 Å². The van der Waals surface area contributed by atoms with Crippen LogP contribution >= 0.6 is 0 Å². The van der Waals surface area contributed by atoms with Gasteiger partial charge in [-0.05, 0) is 13.8 Å². The molecule has 0 atom stereocenters. The Morgan fingerprint density at radius 3 is 3.00 bits per heavy atom. The van der Waals surface area contributed by atoms with E-state index in [1.807, 2.05) is 4.68 Å². The van der Waals surface area contributed by atoms with Crippen molar-refractivity contribution in [1.82, 2.24) is 30.0 Å². The minimum Gasteiger partial charge on any atom is -0.312 e. The summed E-state index contributed by atoms with van der Waals surface area (Å²) >= 11 is 0. The first kappa shape index (κ1) is 12.2. The van der Waals surface area contributed by atoms with Gasteiger partial charge in [-0.15, -0.1) is 0 Å². The average Bonchev–Trinajstić information content (AvgIpc) is 2.87. The fraction of sp³-hybridized carbons (Fsp3) is 0.538. The smallest absolute Gasteiger partial charge is 0.138 e. The van der Waals surface area contributed by atoms with Crippen LogP contribution in [0.5, 0.6) is 0 Å². The number of hydrogen-bond acceptors (Lipinski definition) is 5. The maximum Gasteiger partial charge on any atom is 0.138 e. The number of nitrogens with zero attached hydrogens (tertiary/aromatic N) is 5. The summed E-state index contributed by atoms with van der Waals surface area (Å²) in [5, 5.41) is 7.65. The topological polar surface area (TPSA) is 68.5 Å². The van der Waals surface area contributed by atoms with Gasteiger partial charge in [-0.25, -0.2) is 19.6 Å². The molecule has 2 aromatic rings. The summed E-state index contributed by atoms with van der Waals surface area (Å²) in [4.78, 5) is 13.2. The van der Waals surface area contributed by atoms with E-state index in [4.69, 9.17) is 0 Å². The zero-order valence-electron chi connectivity index (χ0n) is 11.3. The molecule has 100 valence electrons. The molecular weight excluding hydrogens is 240 g/mol. The standard InChI is InChI=1S/C13H18N6/c1-9(2)19-13(17-8-18-19)5-12-10-6-14-4-3-11(10)15-7-16-12/h7-9,14H,3-6H2,1-2H3. The van der Waals surface area contributed by atoms with E-state index < -0.39 is 0 Å². The molecular formula is C13H18N6. The highest BCUT2D eigenvalue weighted by Gasteiger charge is 2.17. The third kappa shape index (κ3) is 2.35. The van der Waals surface area contributed by atoms with Gasteiger partial charge in [0, 0.05) is 36.8 Å². The lowest BCUT2D eigenvalue weighted by atomic mass is 10.0. The molecule has 6 nitrogen and oxygen atoms in total. The molecule has 2 aromatic heterocycles. The number of hydrogen-bond donors (Lipinski definition) is 1. The lowest BCUT2D eigenvalue weighted by molar-refractivity contribution is 0.508. The Labute approximate surface area is 112 Å². The zero-order valence-corrected chi connectivity index (χ0v) is 11.3. The summed E-state index contributed by atoms with van der Waals surface area (Å²) in [6, 6.07) is 0.313. The quantitative estimate of drug-likeness (QED) is 0.885. The molecule has 0 bridgehead atoms. The van der Waals surface area contributed by atoms with Crippen molar-refractivity contribution < 1.29 is 0 Å². The van der Waals surface area contributed by atoms with Crippen LogP contribution in [-0.4, -0.2) is 31.3 Å². The monoisotopic (exact) mass is 258 g/mol. The van der Waals surface area contributed by atoms with Gasteiger partial charge in [0.15, 0.2) is 0 Å². The lowest BCUT2D eigenvalue weighted by Crippen LogP contribution is -2.26. The number of nitrogens with one attached hydrogen (secondary N) is 1. The lowest BCUT2D eigenvalue weighted by Gasteiger charge is -2.18. The van der Waals surface area contributed by atoms with Crippen LogP contribution in [0.4, 0.5) is 0 Å². The molecule has 19 heavy (non-hydrogen) atoms. The highest BCUT2D eigenvalue weighted by Crippen LogP contribution is 2.17. The van der Waals surface area contributed by atoms with Gasteiger partial charge in [0.05, 0.1) is 12.1 Å². The summed E-state index contributed by atoms with van der Waals surface area (Å²) < 4.78 is 1.95. The molecule has 0 unspecified atom stereocenters. The number of fused-ring (bicyclic) bond motifs is 1. The molecule has 0 aromatic carbocycles. The van der Waals surface area contributed by atoms with Crippen LogP contribution in [0.2, 0.25) is 0 Å². The first-order chi connectivity index (χ1) is 9.25. The van der Waals surface area contributed by atoms with Gasteiger partial charge in [0.1, 0.15) is 18.5 Å². The Morgan fingerprint density at radius 2 is 2.16 bits per heavy atom. The maximum atomic E-state index is 4.44. The maximum absolute atomic E-state index is 4.44. The Kier molecular flexibility index (Phi) is 3.25. The fourth-order valence-electron chi connectivity index (χ4n) is 2.46. The minimum atomic E-state index is 0.313. The molecule has 1 aliphatic heterocycles. The van der Waals surface area contributed by atoms with E-state index in [0.717, 1.165) is 31.0 Å². The normalized spacial score (nSPS) is 14.7. The van der Waals surface area contributed by atoms with Gasteiger partial charge in [0.2, 0.25) is 0 Å². The van der Waals surface area contributed by atoms with Crippen LogP contribution in [0.3, 0.4) is 0 Å². The number of rotatable bonds is 3. The van der Waals surface area contributed by atoms with Crippen molar-refractivity contribution in [3.63, 3.8) is 0 Å². The Balaban J connectivity index is 1.93. The van der Waals surface area contributed by atoms with Crippen molar-refractivity contribution in [2.24, 2.45) is 0 Å². The minimum absolute atomic E-state index is 0.313. The second-order valence-electron chi connectivity index (χ2n) is 5.06. The summed E-state index contributed by atoms with van der Waals surface area (Å²) in [5.41, 5.74) is 3.46. The van der Waals surface area contributed by atoms with E-state index in [2.05, 4.69) is 39.2 Å². The molecule has 0 radical (unpaired) electrons. The van der Waals surface area contributed by atoms with E-state index in [-0.39, 0.29) is 0 Å². The van der Waals surface area contributed by atoms with Crippen molar-refractivity contribution in [3.05, 3.63) is 35.4 Å². The SMILES string of the molecule is CC(C)n1ncnc1Cc1ncnc2c1CNCC2. The zero-order chi connectivity index (χ0) is 13.2. The Morgan fingerprint density at radius 1 is 1.26 bits per heavy atom. The van der Waals surface area contributed by atoms with Crippen LogP contribution in [0.1, 0.15) is 42.7 Å². The second-order valence-corrected chi connectivity index (χ2v) is 5.06. The number of aromatic nitrogens is 5. The summed E-state index contributed by atoms with van der Waals surface area (Å²) in [6.07, 6.45) is 4.96. The molecule has 0 fully saturated rings. The highest BCUT2D eigenvalue weighted by molar-refractivity contribution is 5.28. The van der Waals surface area contributed by atoms with Crippen LogP contribution in [0.25, 0.3) is 0 Å². The summed E-state index contributed by atoms with van der Waals surface area (Å²) in [6.45, 7) is 6.05. The molecule has 0 saturated carbocycles. The van der Waals surface area contributed by atoms with E-state index >= 15 is 0 Å². The van der Waals surface area contributed by atoms with Gasteiger partial charge < -0.3 is 5.32 Å². The predicted octanol–water partition coefficient (Wildman–Crippen LogP) is 0.885. The van der Waals surface area contributed by atoms with Crippen LogP contribution in [0, 0.1) is 0 Å². The van der Waals surface area contributed by atoms with E-state index in [0.29, 0.717) is 12.5 Å². The second kappa shape index (κ2) is 5.05. The Hall–Kier alpha value is -1.82. The molecule has 0 saturated heterocycles. The predicted molar refractivity (Wildman–Crippen MR) is 70.7 cm³/mol. The highest BCUT2D eigenvalue weighted by atomic mass is 15.3. The molecule has 1 N–H and O–H groups in total. The Bertz CT molecular complexity index is 574. The van der Waals surface area contributed by atoms with Crippen LogP contribution in [-0.2, 0) is 19.4 Å². The summed E-state index contributed by atoms with van der Waals surface area (Å²) in [7, 11) is 0. The van der Waals surface area contributed by atoms with Crippen molar-refractivity contribution in [2.75, 3.05) is 6.54 Å². The van der Waals surface area contributed by atoms with Gasteiger partial charge in [-0.2, -0.15) is 5.10 Å². The molecule has 0 spiro atoms. The molecule has 3 rings (SSSR count). The van der Waals surface area contributed by atoms with E-state index in [1.54, 1.807) is 12.7 Å². The molecule has 0 aliphatic carbocycles. The van der Waals surface area contributed by atoms with Gasteiger partial charge in [-0.3, -0.25) is 0 Å². The largest absolute Gasteiger partial charge is 0.312 e. The third-order valence-corrected chi connectivity index (χ3v) is 3.43. The molecule has 3 heterocycles. The van der Waals surface area contributed by atoms with Gasteiger partial charge >= 0.3 is 0 Å². The van der Waals surface area contributed by atoms with Crippen molar-refractivity contribution in [3.8, 4) is 0 Å². The first-order valence-electron chi connectivity index (χ1n) is 6.66. The van der Waals surface area contributed by atoms with E-state index in [1.165, 1.54) is 11.3 Å². The van der Waals surface area contributed by atoms with Gasteiger partial charge in [0.25, 0.3) is 0 Å². The fourth-order valence-corrected chi connectivity index (χ4v) is 2.46. The van der Waals surface area contributed by atoms with Crippen molar-refractivity contribution >= 4 is 0 Å². The molecule has 1 aliphatic rings. The molecule has 6 heteroatoms. The van der Waals surface area contributed by atoms with E-state index in [9.17, 15) is 0 Å². The molecule has 0 amide bonds.